The summed E-state index contributed by atoms with van der Waals surface area (Å²) in [5, 5.41) is 23.3. The maximum Gasteiger partial charge on any atom is 0.253 e. The average molecular weight is 611 g/mol. The van der Waals surface area contributed by atoms with Crippen molar-refractivity contribution in [3.05, 3.63) is 75.8 Å². The molecule has 2 aliphatic rings. The van der Waals surface area contributed by atoms with Crippen LogP contribution in [0.1, 0.15) is 24.9 Å². The van der Waals surface area contributed by atoms with Crippen LogP contribution in [0.4, 0.5) is 5.69 Å². The van der Waals surface area contributed by atoms with E-state index < -0.39 is 6.10 Å². The second kappa shape index (κ2) is 13.2. The summed E-state index contributed by atoms with van der Waals surface area (Å²) >= 11 is 13.8. The Morgan fingerprint density at radius 3 is 2.60 bits per heavy atom. The number of anilines is 1. The van der Waals surface area contributed by atoms with Crippen molar-refractivity contribution < 1.29 is 19.4 Å². The monoisotopic (exact) mass is 609 g/mol. The number of rotatable bonds is 8. The lowest BCUT2D eigenvalue weighted by Gasteiger charge is -2.31. The van der Waals surface area contributed by atoms with Gasteiger partial charge in [0.05, 0.1) is 47.8 Å². The quantitative estimate of drug-likeness (QED) is 0.317. The second-order valence-electron chi connectivity index (χ2n) is 10.3. The number of allylic oxidation sites excluding steroid dienone is 1. The molecule has 9 nitrogen and oxygen atoms in total. The molecule has 5 rings (SSSR count). The molecular formula is C31H33Cl2N5O4. The number of aliphatic hydroxyl groups excluding tert-OH is 1. The Bertz CT molecular complexity index is 1530. The third kappa shape index (κ3) is 6.45. The van der Waals surface area contributed by atoms with Crippen molar-refractivity contribution in [1.82, 2.24) is 15.3 Å². The molecule has 0 unspecified atom stereocenters. The Hall–Kier alpha value is -3.47. The molecule has 1 aromatic heterocycles. The molecule has 1 saturated heterocycles. The number of halogens is 2. The number of hydrogen-bond donors (Lipinski definition) is 3. The number of amides is 1. The number of hydrogen-bond acceptors (Lipinski definition) is 8. The van der Waals surface area contributed by atoms with Crippen molar-refractivity contribution in [3.63, 3.8) is 0 Å². The van der Waals surface area contributed by atoms with Gasteiger partial charge in [-0.05, 0) is 37.6 Å². The van der Waals surface area contributed by atoms with Gasteiger partial charge < -0.3 is 25.2 Å². The van der Waals surface area contributed by atoms with Crippen LogP contribution in [0.2, 0.25) is 10.0 Å². The van der Waals surface area contributed by atoms with Crippen LogP contribution in [0, 0.1) is 0 Å². The molecule has 2 aromatic carbocycles. The topological polar surface area (TPSA) is 108 Å². The molecule has 0 spiro atoms. The van der Waals surface area contributed by atoms with Gasteiger partial charge in [-0.1, -0.05) is 53.5 Å². The Balaban J connectivity index is 1.41. The van der Waals surface area contributed by atoms with E-state index in [0.717, 1.165) is 12.0 Å². The Kier molecular flexibility index (Phi) is 9.45. The largest absolute Gasteiger partial charge is 0.481 e. The van der Waals surface area contributed by atoms with Crippen LogP contribution in [0.25, 0.3) is 22.4 Å². The smallest absolute Gasteiger partial charge is 0.253 e. The van der Waals surface area contributed by atoms with Gasteiger partial charge >= 0.3 is 0 Å². The van der Waals surface area contributed by atoms with Gasteiger partial charge in [-0.3, -0.25) is 9.80 Å². The summed E-state index contributed by atoms with van der Waals surface area (Å²) in [5.74, 6) is 0.212. The fraction of sp³-hybridized carbons (Fsp3) is 0.323. The molecule has 0 saturated carbocycles. The summed E-state index contributed by atoms with van der Waals surface area (Å²) < 4.78 is 11.0. The molecule has 3 aromatic rings. The predicted octanol–water partition coefficient (Wildman–Crippen LogP) is 5.33. The van der Waals surface area contributed by atoms with E-state index in [4.69, 9.17) is 37.7 Å². The number of aliphatic hydroxyl groups is 1. The minimum atomic E-state index is -0.569. The highest BCUT2D eigenvalue weighted by Crippen LogP contribution is 2.41. The van der Waals surface area contributed by atoms with Crippen LogP contribution in [-0.2, 0) is 9.53 Å². The second-order valence-corrected chi connectivity index (χ2v) is 11.0. The summed E-state index contributed by atoms with van der Waals surface area (Å²) in [7, 11) is 3.38. The first-order valence-electron chi connectivity index (χ1n) is 13.7. The number of nitrogens with one attached hydrogen (secondary N) is 2. The van der Waals surface area contributed by atoms with Crippen molar-refractivity contribution in [2.45, 2.75) is 31.5 Å². The molecule has 0 bridgehead atoms. The lowest BCUT2D eigenvalue weighted by molar-refractivity contribution is -0.113. The highest BCUT2D eigenvalue weighted by molar-refractivity contribution is 6.39. The molecule has 3 heterocycles. The van der Waals surface area contributed by atoms with Crippen LogP contribution in [0.3, 0.4) is 0 Å². The van der Waals surface area contributed by atoms with Gasteiger partial charge in [0.2, 0.25) is 5.88 Å². The fourth-order valence-corrected chi connectivity index (χ4v) is 5.72. The normalized spacial score (nSPS) is 19.3. The number of hydrazone groups is 1. The number of aromatic nitrogens is 1. The number of carbonyl (C=O) groups is 1. The molecule has 1 amide bonds. The van der Waals surface area contributed by atoms with Crippen molar-refractivity contribution >= 4 is 41.0 Å². The number of carbonyl (C=O) groups excluding carboxylic acids is 1. The van der Waals surface area contributed by atoms with Crippen LogP contribution >= 0.6 is 23.2 Å². The van der Waals surface area contributed by atoms with Crippen molar-refractivity contribution in [2.75, 3.05) is 39.2 Å². The number of likely N-dealkylation sites (N-methyl/N-ethyl adjacent to an activating group) is 1. The molecule has 0 radical (unpaired) electrons. The molecule has 11 heteroatoms. The minimum absolute atomic E-state index is 0.0795. The summed E-state index contributed by atoms with van der Waals surface area (Å²) in [6, 6.07) is 14.8. The van der Waals surface area contributed by atoms with Crippen LogP contribution in [0.5, 0.6) is 5.88 Å². The molecule has 0 aliphatic carbocycles. The summed E-state index contributed by atoms with van der Waals surface area (Å²) in [6.45, 7) is 3.33. The van der Waals surface area contributed by atoms with Gasteiger partial charge in [-0.2, -0.15) is 5.10 Å². The van der Waals surface area contributed by atoms with Gasteiger partial charge in [0.15, 0.2) is 0 Å². The lowest BCUT2D eigenvalue weighted by atomic mass is 9.99. The summed E-state index contributed by atoms with van der Waals surface area (Å²) in [4.78, 5) is 17.7. The molecule has 42 heavy (non-hydrogen) atoms. The zero-order valence-electron chi connectivity index (χ0n) is 23.6. The number of methoxy groups -OCH3 is 1. The average Bonchev–Trinajstić information content (AvgIpc) is 2.99. The lowest BCUT2D eigenvalue weighted by Crippen LogP contribution is -2.47. The van der Waals surface area contributed by atoms with Crippen LogP contribution in [-0.4, -0.2) is 73.3 Å². The maximum atomic E-state index is 12.9. The number of nitrogens with zero attached hydrogens (tertiary/aromatic N) is 3. The van der Waals surface area contributed by atoms with Crippen molar-refractivity contribution in [3.8, 4) is 28.3 Å². The van der Waals surface area contributed by atoms with E-state index >= 15 is 0 Å². The zero-order valence-corrected chi connectivity index (χ0v) is 25.1. The first-order valence-corrected chi connectivity index (χ1v) is 14.4. The standard InChI is InChI=1S/C31H33Cl2N5O4/c1-18(35-25-13-15-42-17-27(25)39)20-10-11-24(37-31(20)41-3)23-8-4-6-21(28(23)32)22-7-5-9-26(29(22)33)36-30(40)19-12-14-34-38(2)16-19/h4-12,14,18,25,27,35,39H,13,15-17H2,1-3H3,(H,36,40)/t18-,25+,27-/m0/s1. The number of ether oxygens (including phenoxy) is 2. The number of pyridine rings is 1. The van der Waals surface area contributed by atoms with Gasteiger partial charge in [-0.15, -0.1) is 0 Å². The third-order valence-electron chi connectivity index (χ3n) is 7.38. The molecule has 3 N–H and O–H groups in total. The predicted molar refractivity (Wildman–Crippen MR) is 166 cm³/mol. The highest BCUT2D eigenvalue weighted by atomic mass is 35.5. The summed E-state index contributed by atoms with van der Waals surface area (Å²) in [6.07, 6.45) is 3.43. The van der Waals surface area contributed by atoms with Gasteiger partial charge in [0, 0.05) is 59.8 Å². The van der Waals surface area contributed by atoms with Crippen molar-refractivity contribution in [2.24, 2.45) is 5.10 Å². The minimum Gasteiger partial charge on any atom is -0.481 e. The SMILES string of the molecule is COc1nc(-c2cccc(-c3cccc(NC(=O)C4=CC=NN(C)C4)c3Cl)c2Cl)ccc1[C@H](C)N[C@@H]1CCOC[C@@H]1O. The fourth-order valence-electron chi connectivity index (χ4n) is 5.12. The van der Waals surface area contributed by atoms with E-state index in [9.17, 15) is 9.90 Å². The Morgan fingerprint density at radius 1 is 1.12 bits per heavy atom. The summed E-state index contributed by atoms with van der Waals surface area (Å²) in [5.41, 5.74) is 4.64. The van der Waals surface area contributed by atoms with E-state index in [1.165, 1.54) is 0 Å². The molecular weight excluding hydrogens is 577 g/mol. The van der Waals surface area contributed by atoms with E-state index in [1.54, 1.807) is 37.5 Å². The van der Waals surface area contributed by atoms with Crippen LogP contribution < -0.4 is 15.4 Å². The third-order valence-corrected chi connectivity index (χ3v) is 8.20. The van der Waals surface area contributed by atoms with Crippen LogP contribution in [0.15, 0.2) is 65.3 Å². The number of benzene rings is 2. The van der Waals surface area contributed by atoms with E-state index in [-0.39, 0.29) is 18.0 Å². The van der Waals surface area contributed by atoms with Crippen molar-refractivity contribution in [1.29, 1.82) is 0 Å². The van der Waals surface area contributed by atoms with Gasteiger partial charge in [0.25, 0.3) is 5.91 Å². The first kappa shape index (κ1) is 30.0. The maximum absolute atomic E-state index is 12.9. The van der Waals surface area contributed by atoms with E-state index in [1.807, 2.05) is 49.4 Å². The Labute approximate surface area is 255 Å². The zero-order chi connectivity index (χ0) is 29.8. The molecule has 3 atom stereocenters. The molecule has 1 fully saturated rings. The highest BCUT2D eigenvalue weighted by Gasteiger charge is 2.27. The van der Waals surface area contributed by atoms with E-state index in [2.05, 4.69) is 15.7 Å². The Morgan fingerprint density at radius 2 is 1.86 bits per heavy atom. The molecule has 2 aliphatic heterocycles. The van der Waals surface area contributed by atoms with Gasteiger partial charge in [0.1, 0.15) is 0 Å². The molecule has 220 valence electrons. The van der Waals surface area contributed by atoms with E-state index in [0.29, 0.717) is 69.3 Å². The van der Waals surface area contributed by atoms with Gasteiger partial charge in [-0.25, -0.2) is 4.98 Å². The first-order chi connectivity index (χ1) is 20.3.